The van der Waals surface area contributed by atoms with E-state index >= 15 is 0 Å². The topological polar surface area (TPSA) is 66.9 Å². The van der Waals surface area contributed by atoms with Crippen LogP contribution in [0.5, 0.6) is 0 Å². The Balaban J connectivity index is 2.24. The molecule has 2 N–H and O–H groups in total. The highest BCUT2D eigenvalue weighted by Crippen LogP contribution is 2.16. The molecule has 5 nitrogen and oxygen atoms in total. The zero-order valence-electron chi connectivity index (χ0n) is 9.95. The van der Waals surface area contributed by atoms with Crippen molar-refractivity contribution < 1.29 is 9.18 Å². The second-order valence-electron chi connectivity index (χ2n) is 3.62. The smallest absolute Gasteiger partial charge is 0.260 e. The first-order valence-corrected chi connectivity index (χ1v) is 5.74. The van der Waals surface area contributed by atoms with Gasteiger partial charge in [0.1, 0.15) is 17.5 Å². The van der Waals surface area contributed by atoms with Crippen molar-refractivity contribution in [2.45, 2.75) is 0 Å². The maximum Gasteiger partial charge on any atom is 0.260 e. The second kappa shape index (κ2) is 5.62. The van der Waals surface area contributed by atoms with Crippen molar-refractivity contribution in [3.8, 4) is 0 Å². The lowest BCUT2D eigenvalue weighted by atomic mass is 10.2. The molecule has 98 valence electrons. The van der Waals surface area contributed by atoms with Crippen molar-refractivity contribution in [2.75, 3.05) is 17.7 Å². The van der Waals surface area contributed by atoms with Gasteiger partial charge in [-0.2, -0.15) is 0 Å². The first-order chi connectivity index (χ1) is 9.10. The average molecular weight is 281 g/mol. The van der Waals surface area contributed by atoms with Gasteiger partial charge in [0.25, 0.3) is 5.91 Å². The van der Waals surface area contributed by atoms with E-state index in [0.717, 1.165) is 12.3 Å². The predicted molar refractivity (Wildman–Crippen MR) is 70.9 cm³/mol. The summed E-state index contributed by atoms with van der Waals surface area (Å²) in [6, 6.07) is 4.24. The van der Waals surface area contributed by atoms with Gasteiger partial charge in [0.05, 0.1) is 16.8 Å². The van der Waals surface area contributed by atoms with Gasteiger partial charge in [0.15, 0.2) is 0 Å². The standard InChI is InChI=1S/C12H10ClFN4O/c1-15-11-9(4-8(14)6-17-11)12(19)18-10-3-2-7(13)5-16-10/h2-6H,1H3,(H,15,17)(H,16,18,19). The number of hydrogen-bond donors (Lipinski definition) is 2. The first kappa shape index (κ1) is 13.2. The number of hydrogen-bond acceptors (Lipinski definition) is 4. The van der Waals surface area contributed by atoms with Crippen molar-refractivity contribution in [1.82, 2.24) is 9.97 Å². The Kier molecular flexibility index (Phi) is 3.91. The molecule has 2 aromatic heterocycles. The Bertz CT molecular complexity index is 603. The Morgan fingerprint density at radius 2 is 2.11 bits per heavy atom. The number of carbonyl (C=O) groups is 1. The number of nitrogens with zero attached hydrogens (tertiary/aromatic N) is 2. The summed E-state index contributed by atoms with van der Waals surface area (Å²) in [7, 11) is 1.59. The van der Waals surface area contributed by atoms with E-state index in [2.05, 4.69) is 20.6 Å². The minimum atomic E-state index is -0.590. The molecule has 0 unspecified atom stereocenters. The van der Waals surface area contributed by atoms with Crippen LogP contribution >= 0.6 is 11.6 Å². The minimum Gasteiger partial charge on any atom is -0.372 e. The number of nitrogens with one attached hydrogen (secondary N) is 2. The van der Waals surface area contributed by atoms with Crippen LogP contribution in [0.3, 0.4) is 0 Å². The predicted octanol–water partition coefficient (Wildman–Crippen LogP) is 2.56. The van der Waals surface area contributed by atoms with Crippen LogP contribution in [0.25, 0.3) is 0 Å². The summed E-state index contributed by atoms with van der Waals surface area (Å²) in [5, 5.41) is 5.71. The van der Waals surface area contributed by atoms with E-state index in [9.17, 15) is 9.18 Å². The number of aromatic nitrogens is 2. The molecule has 0 saturated carbocycles. The normalized spacial score (nSPS) is 10.1. The van der Waals surface area contributed by atoms with Crippen LogP contribution in [0.15, 0.2) is 30.6 Å². The molecule has 0 spiro atoms. The molecule has 19 heavy (non-hydrogen) atoms. The van der Waals surface area contributed by atoms with Crippen LogP contribution in [0.1, 0.15) is 10.4 Å². The third-order valence-electron chi connectivity index (χ3n) is 2.30. The monoisotopic (exact) mass is 280 g/mol. The van der Waals surface area contributed by atoms with Gasteiger partial charge in [-0.25, -0.2) is 14.4 Å². The summed E-state index contributed by atoms with van der Waals surface area (Å²) >= 11 is 5.69. The van der Waals surface area contributed by atoms with Crippen molar-refractivity contribution in [3.63, 3.8) is 0 Å². The summed E-state index contributed by atoms with van der Waals surface area (Å²) < 4.78 is 13.1. The van der Waals surface area contributed by atoms with Gasteiger partial charge in [-0.1, -0.05) is 11.6 Å². The molecular formula is C12H10ClFN4O. The minimum absolute atomic E-state index is 0.0965. The quantitative estimate of drug-likeness (QED) is 0.907. The fraction of sp³-hybridized carbons (Fsp3) is 0.0833. The van der Waals surface area contributed by atoms with Gasteiger partial charge in [-0.15, -0.1) is 0 Å². The summed E-state index contributed by atoms with van der Waals surface area (Å²) in [6.07, 6.45) is 2.43. The first-order valence-electron chi connectivity index (χ1n) is 5.36. The molecule has 2 rings (SSSR count). The number of anilines is 2. The van der Waals surface area contributed by atoms with Crippen molar-refractivity contribution >= 4 is 29.1 Å². The van der Waals surface area contributed by atoms with E-state index in [1.807, 2.05) is 0 Å². The molecule has 1 amide bonds. The van der Waals surface area contributed by atoms with Crippen molar-refractivity contribution in [2.24, 2.45) is 0 Å². The lowest BCUT2D eigenvalue weighted by Gasteiger charge is -2.08. The molecule has 7 heteroatoms. The van der Waals surface area contributed by atoms with Crippen LogP contribution in [0.4, 0.5) is 16.0 Å². The van der Waals surface area contributed by atoms with Crippen molar-refractivity contribution in [1.29, 1.82) is 0 Å². The zero-order valence-corrected chi connectivity index (χ0v) is 10.7. The van der Waals surface area contributed by atoms with Crippen LogP contribution in [-0.2, 0) is 0 Å². The van der Waals surface area contributed by atoms with Crippen LogP contribution in [-0.4, -0.2) is 22.9 Å². The second-order valence-corrected chi connectivity index (χ2v) is 4.05. The third kappa shape index (κ3) is 3.17. The number of rotatable bonds is 3. The largest absolute Gasteiger partial charge is 0.372 e. The Morgan fingerprint density at radius 3 is 2.74 bits per heavy atom. The molecule has 0 bridgehead atoms. The van der Waals surface area contributed by atoms with Gasteiger partial charge in [0, 0.05) is 13.2 Å². The maximum absolute atomic E-state index is 13.1. The highest BCUT2D eigenvalue weighted by Gasteiger charge is 2.14. The molecule has 0 aliphatic rings. The van der Waals surface area contributed by atoms with E-state index in [0.29, 0.717) is 10.8 Å². The maximum atomic E-state index is 13.1. The summed E-state index contributed by atoms with van der Waals surface area (Å²) in [5.41, 5.74) is 0.0965. The summed E-state index contributed by atoms with van der Waals surface area (Å²) in [6.45, 7) is 0. The molecule has 0 saturated heterocycles. The van der Waals surface area contributed by atoms with Gasteiger partial charge < -0.3 is 10.6 Å². The molecule has 0 aliphatic heterocycles. The van der Waals surface area contributed by atoms with E-state index in [1.54, 1.807) is 19.2 Å². The SMILES string of the molecule is CNc1ncc(F)cc1C(=O)Nc1ccc(Cl)cn1. The van der Waals surface area contributed by atoms with Gasteiger partial charge in [-0.3, -0.25) is 4.79 Å². The Hall–Kier alpha value is -2.21. The van der Waals surface area contributed by atoms with E-state index in [4.69, 9.17) is 11.6 Å². The molecular weight excluding hydrogens is 271 g/mol. The molecule has 2 aromatic rings. The van der Waals surface area contributed by atoms with Crippen LogP contribution in [0, 0.1) is 5.82 Å². The summed E-state index contributed by atoms with van der Waals surface area (Å²) in [5.74, 6) is -0.493. The lowest BCUT2D eigenvalue weighted by Crippen LogP contribution is -2.16. The lowest BCUT2D eigenvalue weighted by molar-refractivity contribution is 0.102. The van der Waals surface area contributed by atoms with Crippen LogP contribution in [0.2, 0.25) is 5.02 Å². The van der Waals surface area contributed by atoms with E-state index < -0.39 is 11.7 Å². The van der Waals surface area contributed by atoms with E-state index in [1.165, 1.54) is 6.20 Å². The van der Waals surface area contributed by atoms with Gasteiger partial charge in [0.2, 0.25) is 0 Å². The number of halogens is 2. The molecule has 2 heterocycles. The number of carbonyl (C=O) groups excluding carboxylic acids is 1. The van der Waals surface area contributed by atoms with Gasteiger partial charge in [-0.05, 0) is 18.2 Å². The number of amides is 1. The zero-order chi connectivity index (χ0) is 13.8. The fourth-order valence-electron chi connectivity index (χ4n) is 1.44. The van der Waals surface area contributed by atoms with Crippen LogP contribution < -0.4 is 10.6 Å². The molecule has 0 aromatic carbocycles. The van der Waals surface area contributed by atoms with Crippen molar-refractivity contribution in [3.05, 3.63) is 47.0 Å². The highest BCUT2D eigenvalue weighted by atomic mass is 35.5. The fourth-order valence-corrected chi connectivity index (χ4v) is 1.56. The summed E-state index contributed by atoms with van der Waals surface area (Å²) in [4.78, 5) is 19.7. The van der Waals surface area contributed by atoms with E-state index in [-0.39, 0.29) is 11.4 Å². The average Bonchev–Trinajstić information content (AvgIpc) is 2.41. The molecule has 0 radical (unpaired) electrons. The molecule has 0 fully saturated rings. The molecule has 0 aliphatic carbocycles. The molecule has 0 atom stereocenters. The van der Waals surface area contributed by atoms with Gasteiger partial charge >= 0.3 is 0 Å². The third-order valence-corrected chi connectivity index (χ3v) is 2.53. The highest BCUT2D eigenvalue weighted by molar-refractivity contribution is 6.30. The Labute approximate surface area is 113 Å². The number of pyridine rings is 2. The Morgan fingerprint density at radius 1 is 1.32 bits per heavy atom.